The maximum Gasteiger partial charge on any atom is 0.134 e. The molecule has 13 heavy (non-hydrogen) atoms. The van der Waals surface area contributed by atoms with E-state index in [0.29, 0.717) is 6.54 Å². The molecule has 2 aromatic rings. The quantitative estimate of drug-likeness (QED) is 0.726. The summed E-state index contributed by atoms with van der Waals surface area (Å²) in [5.41, 5.74) is 13.2. The molecule has 0 aliphatic heterocycles. The molecule has 1 unspecified atom stereocenters. The average Bonchev–Trinajstić information content (AvgIpc) is 2.60. The molecule has 4 N–H and O–H groups in total. The van der Waals surface area contributed by atoms with Crippen molar-refractivity contribution in [2.45, 2.75) is 6.04 Å². The van der Waals surface area contributed by atoms with Gasteiger partial charge in [-0.2, -0.15) is 0 Å². The predicted molar refractivity (Wildman–Crippen MR) is 52.2 cm³/mol. The smallest absolute Gasteiger partial charge is 0.134 e. The molecule has 68 valence electrons. The van der Waals surface area contributed by atoms with Crippen LogP contribution in [0.15, 0.2) is 34.9 Å². The Kier molecular flexibility index (Phi) is 2.04. The molecular formula is C10H12N2O. The summed E-state index contributed by atoms with van der Waals surface area (Å²) in [7, 11) is 0. The third-order valence-corrected chi connectivity index (χ3v) is 2.16. The number of hydrogen-bond acceptors (Lipinski definition) is 3. The van der Waals surface area contributed by atoms with E-state index >= 15 is 0 Å². The lowest BCUT2D eigenvalue weighted by molar-refractivity contribution is 0.601. The molecule has 0 aliphatic rings. The first kappa shape index (κ1) is 8.29. The van der Waals surface area contributed by atoms with E-state index in [1.807, 2.05) is 24.3 Å². The Morgan fingerprint density at radius 3 is 2.85 bits per heavy atom. The summed E-state index contributed by atoms with van der Waals surface area (Å²) in [5.74, 6) is 0. The minimum absolute atomic E-state index is 0.136. The fourth-order valence-corrected chi connectivity index (χ4v) is 1.41. The van der Waals surface area contributed by atoms with Gasteiger partial charge in [0.2, 0.25) is 0 Å². The Hall–Kier alpha value is -1.32. The molecular weight excluding hydrogens is 164 g/mol. The lowest BCUT2D eigenvalue weighted by atomic mass is 10.1. The highest BCUT2D eigenvalue weighted by molar-refractivity contribution is 5.81. The van der Waals surface area contributed by atoms with Gasteiger partial charge in [-0.3, -0.25) is 0 Å². The van der Waals surface area contributed by atoms with Crippen LogP contribution in [0, 0.1) is 0 Å². The van der Waals surface area contributed by atoms with Gasteiger partial charge in [-0.1, -0.05) is 18.2 Å². The minimum atomic E-state index is -0.136. The molecule has 0 bridgehead atoms. The minimum Gasteiger partial charge on any atom is -0.464 e. The van der Waals surface area contributed by atoms with Crippen molar-refractivity contribution in [2.75, 3.05) is 6.54 Å². The van der Waals surface area contributed by atoms with E-state index in [2.05, 4.69) is 0 Å². The van der Waals surface area contributed by atoms with Crippen LogP contribution in [0.4, 0.5) is 0 Å². The molecule has 1 aromatic heterocycles. The van der Waals surface area contributed by atoms with Crippen molar-refractivity contribution < 1.29 is 4.42 Å². The van der Waals surface area contributed by atoms with Gasteiger partial charge >= 0.3 is 0 Å². The largest absolute Gasteiger partial charge is 0.464 e. The van der Waals surface area contributed by atoms with Crippen molar-refractivity contribution in [3.8, 4) is 0 Å². The molecule has 3 nitrogen and oxygen atoms in total. The zero-order chi connectivity index (χ0) is 9.26. The molecule has 1 aromatic carbocycles. The molecule has 0 fully saturated rings. The Labute approximate surface area is 76.3 Å². The van der Waals surface area contributed by atoms with Gasteiger partial charge in [0.25, 0.3) is 0 Å². The van der Waals surface area contributed by atoms with Gasteiger partial charge in [0.1, 0.15) is 5.58 Å². The molecule has 0 aliphatic carbocycles. The summed E-state index contributed by atoms with van der Waals surface area (Å²) >= 11 is 0. The van der Waals surface area contributed by atoms with Crippen molar-refractivity contribution in [3.63, 3.8) is 0 Å². The number of nitrogens with two attached hydrogens (primary N) is 2. The predicted octanol–water partition coefficient (Wildman–Crippen LogP) is 1.39. The van der Waals surface area contributed by atoms with Crippen LogP contribution in [0.5, 0.6) is 0 Å². The van der Waals surface area contributed by atoms with Gasteiger partial charge in [-0.05, 0) is 6.07 Å². The first-order valence-electron chi connectivity index (χ1n) is 4.24. The normalized spacial score (nSPS) is 13.4. The lowest BCUT2D eigenvalue weighted by Crippen LogP contribution is -2.20. The summed E-state index contributed by atoms with van der Waals surface area (Å²) in [6, 6.07) is 7.67. The van der Waals surface area contributed by atoms with E-state index in [1.165, 1.54) is 0 Å². The molecule has 0 amide bonds. The molecule has 3 heteroatoms. The van der Waals surface area contributed by atoms with E-state index in [-0.39, 0.29) is 6.04 Å². The molecule has 0 saturated heterocycles. The van der Waals surface area contributed by atoms with E-state index in [0.717, 1.165) is 16.5 Å². The van der Waals surface area contributed by atoms with Crippen LogP contribution in [0.1, 0.15) is 11.6 Å². The van der Waals surface area contributed by atoms with Crippen molar-refractivity contribution in [2.24, 2.45) is 11.5 Å². The lowest BCUT2D eigenvalue weighted by Gasteiger charge is -2.04. The van der Waals surface area contributed by atoms with Gasteiger partial charge < -0.3 is 15.9 Å². The average molecular weight is 176 g/mol. The zero-order valence-electron chi connectivity index (χ0n) is 7.23. The van der Waals surface area contributed by atoms with Crippen LogP contribution in [-0.4, -0.2) is 6.54 Å². The second-order valence-electron chi connectivity index (χ2n) is 3.03. The van der Waals surface area contributed by atoms with Gasteiger partial charge in [-0.25, -0.2) is 0 Å². The molecule has 0 saturated carbocycles. The van der Waals surface area contributed by atoms with Crippen LogP contribution >= 0.6 is 0 Å². The Bertz CT molecular complexity index is 408. The van der Waals surface area contributed by atoms with Gasteiger partial charge in [-0.15, -0.1) is 0 Å². The highest BCUT2D eigenvalue weighted by atomic mass is 16.3. The molecule has 1 heterocycles. The molecule has 2 rings (SSSR count). The fraction of sp³-hybridized carbons (Fsp3) is 0.200. The molecule has 0 radical (unpaired) electrons. The monoisotopic (exact) mass is 176 g/mol. The second kappa shape index (κ2) is 3.20. The number of fused-ring (bicyclic) bond motifs is 1. The fourth-order valence-electron chi connectivity index (χ4n) is 1.41. The number of hydrogen-bond donors (Lipinski definition) is 2. The Balaban J connectivity index is 2.57. The molecule has 0 spiro atoms. The van der Waals surface area contributed by atoms with Crippen molar-refractivity contribution in [1.29, 1.82) is 0 Å². The summed E-state index contributed by atoms with van der Waals surface area (Å²) in [5, 5.41) is 1.06. The number of benzene rings is 1. The van der Waals surface area contributed by atoms with Crippen molar-refractivity contribution in [1.82, 2.24) is 0 Å². The maximum atomic E-state index is 5.82. The maximum absolute atomic E-state index is 5.82. The van der Waals surface area contributed by atoms with E-state index in [9.17, 15) is 0 Å². The standard InChI is InChI=1S/C10H12N2O/c11-5-9(12)8-6-13-10-4-2-1-3-7(8)10/h1-4,6,9H,5,11-12H2. The summed E-state index contributed by atoms with van der Waals surface area (Å²) in [6.45, 7) is 0.434. The Morgan fingerprint density at radius 2 is 2.08 bits per heavy atom. The van der Waals surface area contributed by atoms with E-state index in [4.69, 9.17) is 15.9 Å². The first-order valence-corrected chi connectivity index (χ1v) is 4.24. The number of rotatable bonds is 2. The SMILES string of the molecule is NCC(N)c1coc2ccccc12. The van der Waals surface area contributed by atoms with Gasteiger partial charge in [0, 0.05) is 23.5 Å². The van der Waals surface area contributed by atoms with Crippen LogP contribution in [0.2, 0.25) is 0 Å². The molecule has 1 atom stereocenters. The van der Waals surface area contributed by atoms with Gasteiger partial charge in [0.05, 0.1) is 6.26 Å². The van der Waals surface area contributed by atoms with Crippen molar-refractivity contribution >= 4 is 11.0 Å². The van der Waals surface area contributed by atoms with E-state index in [1.54, 1.807) is 6.26 Å². The summed E-state index contributed by atoms with van der Waals surface area (Å²) in [6.07, 6.45) is 1.68. The zero-order valence-corrected chi connectivity index (χ0v) is 7.23. The summed E-state index contributed by atoms with van der Waals surface area (Å²) < 4.78 is 5.34. The highest BCUT2D eigenvalue weighted by Crippen LogP contribution is 2.24. The van der Waals surface area contributed by atoms with Crippen molar-refractivity contribution in [3.05, 3.63) is 36.1 Å². The van der Waals surface area contributed by atoms with Crippen LogP contribution in [0.3, 0.4) is 0 Å². The van der Waals surface area contributed by atoms with Gasteiger partial charge in [0.15, 0.2) is 0 Å². The topological polar surface area (TPSA) is 65.2 Å². The van der Waals surface area contributed by atoms with E-state index < -0.39 is 0 Å². The highest BCUT2D eigenvalue weighted by Gasteiger charge is 2.10. The number of para-hydroxylation sites is 1. The Morgan fingerprint density at radius 1 is 1.31 bits per heavy atom. The summed E-state index contributed by atoms with van der Waals surface area (Å²) in [4.78, 5) is 0. The first-order chi connectivity index (χ1) is 6.33. The third kappa shape index (κ3) is 1.32. The number of furan rings is 1. The van der Waals surface area contributed by atoms with Crippen LogP contribution in [0.25, 0.3) is 11.0 Å². The third-order valence-electron chi connectivity index (χ3n) is 2.16. The van der Waals surface area contributed by atoms with Crippen LogP contribution in [-0.2, 0) is 0 Å². The van der Waals surface area contributed by atoms with Crippen LogP contribution < -0.4 is 11.5 Å². The second-order valence-corrected chi connectivity index (χ2v) is 3.03.